The van der Waals surface area contributed by atoms with Gasteiger partial charge >= 0.3 is 35.0 Å². The predicted molar refractivity (Wildman–Crippen MR) is 60.0 cm³/mol. The molecule has 86 valence electrons. The molecule has 0 aliphatic rings. The molecule has 0 saturated heterocycles. The first-order valence-electron chi connectivity index (χ1n) is 4.98. The summed E-state index contributed by atoms with van der Waals surface area (Å²) in [7, 11) is 0. The van der Waals surface area contributed by atoms with Crippen LogP contribution < -0.4 is 0 Å². The van der Waals surface area contributed by atoms with Gasteiger partial charge in [-0.15, -0.1) is 0 Å². The third kappa shape index (κ3) is 6.73. The second kappa shape index (κ2) is 8.97. The van der Waals surface area contributed by atoms with E-state index in [0.29, 0.717) is 0 Å². The molecule has 0 aromatic rings. The van der Waals surface area contributed by atoms with Crippen molar-refractivity contribution in [2.45, 2.75) is 39.5 Å². The number of rotatable bonds is 7. The first kappa shape index (κ1) is 17.1. The molecule has 0 aliphatic carbocycles. The summed E-state index contributed by atoms with van der Waals surface area (Å²) in [6.07, 6.45) is 2.94. The van der Waals surface area contributed by atoms with Gasteiger partial charge in [-0.25, -0.2) is 0 Å². The Morgan fingerprint density at radius 3 is 1.93 bits per heavy atom. The summed E-state index contributed by atoms with van der Waals surface area (Å²) in [4.78, 5) is 21.2. The van der Waals surface area contributed by atoms with Crippen LogP contribution in [0, 0.1) is 11.8 Å². The van der Waals surface area contributed by atoms with E-state index in [0.717, 1.165) is 19.3 Å². The number of hydrogen-bond donors (Lipinski definition) is 2. The molecule has 0 rings (SSSR count). The third-order valence-corrected chi connectivity index (χ3v) is 2.44. The second-order valence-corrected chi connectivity index (χ2v) is 3.53. The van der Waals surface area contributed by atoms with E-state index in [1.54, 1.807) is 0 Å². The van der Waals surface area contributed by atoms with E-state index in [-0.39, 0.29) is 38.2 Å². The molecule has 2 N–H and O–H groups in total. The summed E-state index contributed by atoms with van der Waals surface area (Å²) in [5, 5.41) is 17.4. The summed E-state index contributed by atoms with van der Waals surface area (Å²) < 4.78 is 0. The zero-order valence-electron chi connectivity index (χ0n) is 11.4. The molecule has 1 atom stereocenters. The Labute approximate surface area is 109 Å². The molecule has 0 bridgehead atoms. The minimum absolute atomic E-state index is 0. The average molecular weight is 229 g/mol. The van der Waals surface area contributed by atoms with Crippen molar-refractivity contribution in [3.05, 3.63) is 0 Å². The van der Waals surface area contributed by atoms with Crippen molar-refractivity contribution in [1.29, 1.82) is 0 Å². The zero-order chi connectivity index (χ0) is 11.1. The van der Waals surface area contributed by atoms with Crippen molar-refractivity contribution < 1.29 is 22.7 Å². The van der Waals surface area contributed by atoms with Crippen LogP contribution in [0.5, 0.6) is 0 Å². The average Bonchev–Trinajstić information content (AvgIpc) is 2.10. The Hall–Kier alpha value is -0.294. The smallest absolute Gasteiger partial charge is 1.00 e. The standard InChI is InChI=1S/C10H18O4.Mg.2H/c1-3-5-7(4-2)6-8(9(11)12)10(13)14;;;/h7-8H,3-6H2,1-2H3,(H,11,12)(H,13,14);;;/q;+2;2*-1. The number of hydrogen-bond acceptors (Lipinski definition) is 2. The van der Waals surface area contributed by atoms with Crippen molar-refractivity contribution >= 4 is 35.0 Å². The van der Waals surface area contributed by atoms with Gasteiger partial charge < -0.3 is 13.1 Å². The maximum absolute atomic E-state index is 10.6. The van der Waals surface area contributed by atoms with Crippen molar-refractivity contribution in [3.63, 3.8) is 0 Å². The molecule has 0 fully saturated rings. The fourth-order valence-corrected chi connectivity index (χ4v) is 1.54. The van der Waals surface area contributed by atoms with Crippen molar-refractivity contribution in [3.8, 4) is 0 Å². The molecule has 0 amide bonds. The number of aliphatic carboxylic acids is 2. The Bertz CT molecular complexity index is 200. The van der Waals surface area contributed by atoms with E-state index in [4.69, 9.17) is 10.2 Å². The summed E-state index contributed by atoms with van der Waals surface area (Å²) in [6, 6.07) is 0. The molecule has 0 aromatic heterocycles. The van der Waals surface area contributed by atoms with Gasteiger partial charge in [-0.05, 0) is 12.3 Å². The molecule has 0 heterocycles. The van der Waals surface area contributed by atoms with Crippen LogP contribution in [-0.2, 0) is 9.59 Å². The fraction of sp³-hybridized carbons (Fsp3) is 0.800. The van der Waals surface area contributed by atoms with E-state index in [2.05, 4.69) is 0 Å². The van der Waals surface area contributed by atoms with Crippen molar-refractivity contribution in [1.82, 2.24) is 0 Å². The molecule has 15 heavy (non-hydrogen) atoms. The minimum Gasteiger partial charge on any atom is -1.00 e. The molecule has 0 aromatic carbocycles. The maximum atomic E-state index is 10.6. The molecule has 1 unspecified atom stereocenters. The summed E-state index contributed by atoms with van der Waals surface area (Å²) in [5.41, 5.74) is 0. The van der Waals surface area contributed by atoms with Crippen LogP contribution in [0.2, 0.25) is 0 Å². The Morgan fingerprint density at radius 1 is 1.20 bits per heavy atom. The summed E-state index contributed by atoms with van der Waals surface area (Å²) in [5.74, 6) is -3.50. The van der Waals surface area contributed by atoms with Gasteiger partial charge in [0, 0.05) is 0 Å². The number of carboxylic acid groups (broad SMARTS) is 2. The normalized spacial score (nSPS) is 11.9. The van der Waals surface area contributed by atoms with Gasteiger partial charge in [-0.1, -0.05) is 33.1 Å². The fourth-order valence-electron chi connectivity index (χ4n) is 1.54. The predicted octanol–water partition coefficient (Wildman–Crippen LogP) is 1.83. The number of carbonyl (C=O) groups is 2. The quantitative estimate of drug-likeness (QED) is 0.515. The van der Waals surface area contributed by atoms with E-state index in [9.17, 15) is 9.59 Å². The van der Waals surface area contributed by atoms with Gasteiger partial charge in [-0.2, -0.15) is 0 Å². The largest absolute Gasteiger partial charge is 2.00 e. The molecule has 0 saturated carbocycles. The SMILES string of the molecule is CCCC(CC)CC(C(=O)O)C(=O)O.[H-].[H-].[Mg+2]. The van der Waals surface area contributed by atoms with Gasteiger partial charge in [0.1, 0.15) is 0 Å². The Balaban J connectivity index is -0.000000282. The first-order valence-corrected chi connectivity index (χ1v) is 4.98. The maximum Gasteiger partial charge on any atom is 2.00 e. The van der Waals surface area contributed by atoms with E-state index < -0.39 is 17.9 Å². The summed E-state index contributed by atoms with van der Waals surface area (Å²) in [6.45, 7) is 3.97. The van der Waals surface area contributed by atoms with Gasteiger partial charge in [0.15, 0.2) is 5.92 Å². The monoisotopic (exact) mass is 228 g/mol. The van der Waals surface area contributed by atoms with Crippen LogP contribution in [0.4, 0.5) is 0 Å². The Morgan fingerprint density at radius 2 is 1.67 bits per heavy atom. The zero-order valence-corrected chi connectivity index (χ0v) is 10.8. The second-order valence-electron chi connectivity index (χ2n) is 3.53. The molecule has 0 spiro atoms. The minimum atomic E-state index is -1.24. The van der Waals surface area contributed by atoms with Crippen LogP contribution in [0.3, 0.4) is 0 Å². The van der Waals surface area contributed by atoms with Crippen LogP contribution in [-0.4, -0.2) is 45.2 Å². The van der Waals surface area contributed by atoms with E-state index in [1.165, 1.54) is 0 Å². The Kier molecular flexibility index (Phi) is 10.2. The van der Waals surface area contributed by atoms with E-state index in [1.807, 2.05) is 13.8 Å². The molecule has 0 aliphatic heterocycles. The molecular formula is C10H20MgO4. The summed E-state index contributed by atoms with van der Waals surface area (Å²) >= 11 is 0. The van der Waals surface area contributed by atoms with E-state index >= 15 is 0 Å². The third-order valence-electron chi connectivity index (χ3n) is 2.44. The van der Waals surface area contributed by atoms with Crippen LogP contribution in [0.15, 0.2) is 0 Å². The first-order chi connectivity index (χ1) is 6.52. The molecule has 5 heteroatoms. The molecule has 0 radical (unpaired) electrons. The van der Waals surface area contributed by atoms with Crippen LogP contribution in [0.1, 0.15) is 42.4 Å². The van der Waals surface area contributed by atoms with Gasteiger partial charge in [0.2, 0.25) is 0 Å². The van der Waals surface area contributed by atoms with Gasteiger partial charge in [-0.3, -0.25) is 9.59 Å². The topological polar surface area (TPSA) is 74.6 Å². The molecular weight excluding hydrogens is 208 g/mol. The molecule has 4 nitrogen and oxygen atoms in total. The van der Waals surface area contributed by atoms with Crippen LogP contribution in [0.25, 0.3) is 0 Å². The van der Waals surface area contributed by atoms with Crippen molar-refractivity contribution in [2.75, 3.05) is 0 Å². The van der Waals surface area contributed by atoms with Crippen molar-refractivity contribution in [2.24, 2.45) is 11.8 Å². The number of carboxylic acids is 2. The van der Waals surface area contributed by atoms with Gasteiger partial charge in [0.25, 0.3) is 0 Å². The van der Waals surface area contributed by atoms with Crippen LogP contribution >= 0.6 is 0 Å². The van der Waals surface area contributed by atoms with Gasteiger partial charge in [0.05, 0.1) is 0 Å².